The number of Topliss-reactive ketones (excluding diaryl/α,β-unsaturated/α-hetero) is 1. The van der Waals surface area contributed by atoms with Crippen LogP contribution >= 0.6 is 11.6 Å². The van der Waals surface area contributed by atoms with E-state index in [1.54, 1.807) is 0 Å². The number of carbonyl (C=O) groups excluding carboxylic acids is 1. The minimum Gasteiger partial charge on any atom is -0.360 e. The lowest BCUT2D eigenvalue weighted by Gasteiger charge is -2.13. The van der Waals surface area contributed by atoms with Crippen LogP contribution in [0.25, 0.3) is 0 Å². The van der Waals surface area contributed by atoms with Gasteiger partial charge in [-0.15, -0.1) is 0 Å². The third kappa shape index (κ3) is 2.89. The number of halogens is 1. The molecule has 1 aromatic carbocycles. The van der Waals surface area contributed by atoms with Gasteiger partial charge in [0.15, 0.2) is 5.78 Å². The van der Waals surface area contributed by atoms with E-state index in [0.717, 1.165) is 36.1 Å². The summed E-state index contributed by atoms with van der Waals surface area (Å²) in [4.78, 5) is 11.6. The van der Waals surface area contributed by atoms with Gasteiger partial charge in [-0.05, 0) is 37.8 Å². The molecule has 2 nitrogen and oxygen atoms in total. The normalized spacial score (nSPS) is 18.5. The zero-order valence-corrected chi connectivity index (χ0v) is 10.7. The number of hydrogen-bond donors (Lipinski definition) is 1. The molecule has 0 bridgehead atoms. The van der Waals surface area contributed by atoms with Gasteiger partial charge in [0.2, 0.25) is 0 Å². The van der Waals surface area contributed by atoms with Crippen molar-refractivity contribution in [2.45, 2.75) is 32.6 Å². The molecule has 3 heteroatoms. The van der Waals surface area contributed by atoms with Crippen molar-refractivity contribution in [1.29, 1.82) is 0 Å². The van der Waals surface area contributed by atoms with E-state index in [0.29, 0.717) is 11.4 Å². The first-order valence-corrected chi connectivity index (χ1v) is 6.30. The fourth-order valence-corrected chi connectivity index (χ4v) is 2.16. The van der Waals surface area contributed by atoms with Crippen LogP contribution in [-0.4, -0.2) is 5.78 Å². The van der Waals surface area contributed by atoms with Crippen LogP contribution in [0.4, 0.5) is 5.69 Å². The molecule has 0 radical (unpaired) electrons. The molecule has 0 heterocycles. The lowest BCUT2D eigenvalue weighted by molar-refractivity contribution is -0.116. The molecule has 17 heavy (non-hydrogen) atoms. The van der Waals surface area contributed by atoms with E-state index in [-0.39, 0.29) is 5.78 Å². The molecular formula is C14H16ClNO. The Labute approximate surface area is 107 Å². The van der Waals surface area contributed by atoms with Crippen molar-refractivity contribution in [2.24, 2.45) is 0 Å². The predicted molar refractivity (Wildman–Crippen MR) is 71.4 cm³/mol. The van der Waals surface area contributed by atoms with Crippen molar-refractivity contribution >= 4 is 23.1 Å². The average Bonchev–Trinajstić information content (AvgIpc) is 2.33. The number of anilines is 1. The molecule has 0 saturated heterocycles. The summed E-state index contributed by atoms with van der Waals surface area (Å²) in [6.45, 7) is 1.96. The third-order valence-corrected chi connectivity index (χ3v) is 3.55. The Bertz CT molecular complexity index is 465. The van der Waals surface area contributed by atoms with Crippen LogP contribution in [0.3, 0.4) is 0 Å². The van der Waals surface area contributed by atoms with Gasteiger partial charge in [0.05, 0.1) is 10.7 Å². The van der Waals surface area contributed by atoms with E-state index in [2.05, 4.69) is 5.32 Å². The minimum atomic E-state index is 0.257. The summed E-state index contributed by atoms with van der Waals surface area (Å²) in [5, 5.41) is 3.85. The summed E-state index contributed by atoms with van der Waals surface area (Å²) >= 11 is 6.17. The van der Waals surface area contributed by atoms with Crippen molar-refractivity contribution in [3.05, 3.63) is 40.6 Å². The Kier molecular flexibility index (Phi) is 3.85. The van der Waals surface area contributed by atoms with E-state index in [1.807, 2.05) is 31.3 Å². The lowest BCUT2D eigenvalue weighted by Crippen LogP contribution is -2.10. The number of rotatable bonds is 2. The first-order valence-electron chi connectivity index (χ1n) is 5.92. The fourth-order valence-electron chi connectivity index (χ4n) is 1.98. The number of benzene rings is 1. The van der Waals surface area contributed by atoms with Crippen LogP contribution in [0, 0.1) is 6.92 Å². The molecule has 1 aliphatic carbocycles. The Hall–Kier alpha value is -1.28. The van der Waals surface area contributed by atoms with Crippen LogP contribution in [0.2, 0.25) is 5.02 Å². The van der Waals surface area contributed by atoms with Crippen molar-refractivity contribution < 1.29 is 4.79 Å². The zero-order chi connectivity index (χ0) is 12.3. The van der Waals surface area contributed by atoms with Crippen molar-refractivity contribution in [3.63, 3.8) is 0 Å². The van der Waals surface area contributed by atoms with Crippen molar-refractivity contribution in [2.75, 3.05) is 5.32 Å². The molecule has 0 aromatic heterocycles. The molecule has 2 rings (SSSR count). The standard InChI is InChI=1S/C14H16ClNO/c1-10-5-4-7-12(14(10)15)16-9-11-6-2-3-8-13(11)17/h4-5,7,9,16H,2-3,6,8H2,1H3/b11-9+. The Morgan fingerprint density at radius 3 is 2.82 bits per heavy atom. The molecule has 1 aliphatic rings. The number of ketones is 1. The molecule has 1 saturated carbocycles. The van der Waals surface area contributed by atoms with Gasteiger partial charge in [0.1, 0.15) is 0 Å². The molecule has 1 N–H and O–H groups in total. The van der Waals surface area contributed by atoms with Crippen LogP contribution in [-0.2, 0) is 4.79 Å². The van der Waals surface area contributed by atoms with Crippen molar-refractivity contribution in [3.8, 4) is 0 Å². The highest BCUT2D eigenvalue weighted by atomic mass is 35.5. The summed E-state index contributed by atoms with van der Waals surface area (Å²) in [5.74, 6) is 0.257. The average molecular weight is 250 g/mol. The molecule has 1 aromatic rings. The van der Waals surface area contributed by atoms with Crippen molar-refractivity contribution in [1.82, 2.24) is 0 Å². The van der Waals surface area contributed by atoms with E-state index in [4.69, 9.17) is 11.6 Å². The maximum Gasteiger partial charge on any atom is 0.160 e. The largest absolute Gasteiger partial charge is 0.360 e. The van der Waals surface area contributed by atoms with Gasteiger partial charge in [-0.3, -0.25) is 4.79 Å². The maximum atomic E-state index is 11.6. The number of carbonyl (C=O) groups is 1. The highest BCUT2D eigenvalue weighted by Crippen LogP contribution is 2.26. The van der Waals surface area contributed by atoms with E-state index < -0.39 is 0 Å². The molecule has 1 fully saturated rings. The smallest absolute Gasteiger partial charge is 0.160 e. The topological polar surface area (TPSA) is 29.1 Å². The first-order chi connectivity index (χ1) is 8.18. The summed E-state index contributed by atoms with van der Waals surface area (Å²) in [5.41, 5.74) is 2.77. The molecule has 0 atom stereocenters. The SMILES string of the molecule is Cc1cccc(N/C=C2\CCCCC2=O)c1Cl. The number of allylic oxidation sites excluding steroid dienone is 1. The predicted octanol–water partition coefficient (Wildman–Crippen LogP) is 4.09. The number of aryl methyl sites for hydroxylation is 1. The van der Waals surface area contributed by atoms with E-state index >= 15 is 0 Å². The van der Waals surface area contributed by atoms with Gasteiger partial charge in [-0.1, -0.05) is 23.7 Å². The van der Waals surface area contributed by atoms with Crippen LogP contribution in [0.15, 0.2) is 30.0 Å². The minimum absolute atomic E-state index is 0.257. The molecule has 90 valence electrons. The zero-order valence-electron chi connectivity index (χ0n) is 9.92. The van der Waals surface area contributed by atoms with E-state index in [1.165, 1.54) is 0 Å². The number of hydrogen-bond acceptors (Lipinski definition) is 2. The second-order valence-electron chi connectivity index (χ2n) is 4.38. The summed E-state index contributed by atoms with van der Waals surface area (Å²) in [6, 6.07) is 5.83. The maximum absolute atomic E-state index is 11.6. The first kappa shape index (κ1) is 12.2. The van der Waals surface area contributed by atoms with Crippen LogP contribution < -0.4 is 5.32 Å². The Morgan fingerprint density at radius 2 is 2.06 bits per heavy atom. The van der Waals surface area contributed by atoms with Gasteiger partial charge in [-0.25, -0.2) is 0 Å². The highest BCUT2D eigenvalue weighted by Gasteiger charge is 2.14. The summed E-state index contributed by atoms with van der Waals surface area (Å²) in [7, 11) is 0. The highest BCUT2D eigenvalue weighted by molar-refractivity contribution is 6.34. The number of nitrogens with one attached hydrogen (secondary N) is 1. The van der Waals surface area contributed by atoms with E-state index in [9.17, 15) is 4.79 Å². The van der Waals surface area contributed by atoms with Gasteiger partial charge in [0, 0.05) is 18.2 Å². The summed E-state index contributed by atoms with van der Waals surface area (Å²) < 4.78 is 0. The monoisotopic (exact) mass is 249 g/mol. The molecule has 0 amide bonds. The van der Waals surface area contributed by atoms with Crippen LogP contribution in [0.1, 0.15) is 31.2 Å². The molecular weight excluding hydrogens is 234 g/mol. The van der Waals surface area contributed by atoms with Crippen LogP contribution in [0.5, 0.6) is 0 Å². The van der Waals surface area contributed by atoms with Gasteiger partial charge < -0.3 is 5.32 Å². The fraction of sp³-hybridized carbons (Fsp3) is 0.357. The van der Waals surface area contributed by atoms with Gasteiger partial charge >= 0.3 is 0 Å². The quantitative estimate of drug-likeness (QED) is 0.800. The summed E-state index contributed by atoms with van der Waals surface area (Å²) in [6.07, 6.45) is 5.47. The second-order valence-corrected chi connectivity index (χ2v) is 4.76. The Balaban J connectivity index is 2.13. The second kappa shape index (κ2) is 5.37. The molecule has 0 spiro atoms. The van der Waals surface area contributed by atoms with Gasteiger partial charge in [-0.2, -0.15) is 0 Å². The Morgan fingerprint density at radius 1 is 1.29 bits per heavy atom. The lowest BCUT2D eigenvalue weighted by atomic mass is 9.94. The third-order valence-electron chi connectivity index (χ3n) is 3.05. The molecule has 0 aliphatic heterocycles. The van der Waals surface area contributed by atoms with Gasteiger partial charge in [0.25, 0.3) is 0 Å². The molecule has 0 unspecified atom stereocenters.